The van der Waals surface area contributed by atoms with Gasteiger partial charge in [-0.05, 0) is 17.7 Å². The van der Waals surface area contributed by atoms with E-state index in [4.69, 9.17) is 11.0 Å². The highest BCUT2D eigenvalue weighted by atomic mass is 15.3. The Morgan fingerprint density at radius 2 is 2.33 bits per heavy atom. The summed E-state index contributed by atoms with van der Waals surface area (Å²) < 4.78 is 1.55. The summed E-state index contributed by atoms with van der Waals surface area (Å²) >= 11 is 0. The molecular weight excluding hydrogens is 190 g/mol. The van der Waals surface area contributed by atoms with Gasteiger partial charge in [0, 0.05) is 6.54 Å². The molecule has 0 saturated heterocycles. The smallest absolute Gasteiger partial charge is 0.252 e. The second-order valence-corrected chi connectivity index (χ2v) is 3.00. The number of benzene rings is 1. The number of hydrogen-bond donors (Lipinski definition) is 1. The van der Waals surface area contributed by atoms with Crippen molar-refractivity contribution in [1.82, 2.24) is 14.8 Å². The van der Waals surface area contributed by atoms with E-state index in [2.05, 4.69) is 10.1 Å². The first kappa shape index (κ1) is 9.37. The lowest BCUT2D eigenvalue weighted by Gasteiger charge is -2.01. The molecule has 0 spiro atoms. The Hall–Kier alpha value is -2.19. The Balaban J connectivity index is 2.41. The molecule has 15 heavy (non-hydrogen) atoms. The third-order valence-corrected chi connectivity index (χ3v) is 2.00. The van der Waals surface area contributed by atoms with Crippen LogP contribution in [0.3, 0.4) is 0 Å². The highest BCUT2D eigenvalue weighted by Gasteiger charge is 2.01. The molecule has 0 fully saturated rings. The minimum Gasteiger partial charge on any atom is -0.326 e. The fourth-order valence-corrected chi connectivity index (χ4v) is 1.26. The predicted octanol–water partition coefficient (Wildman–Crippen LogP) is 0.598. The molecule has 0 radical (unpaired) electrons. The number of nitrogens with two attached hydrogens (primary N) is 1. The number of nitriles is 1. The van der Waals surface area contributed by atoms with Crippen LogP contribution in [0.1, 0.15) is 11.4 Å². The van der Waals surface area contributed by atoms with Crippen LogP contribution in [0.4, 0.5) is 0 Å². The van der Waals surface area contributed by atoms with Crippen molar-refractivity contribution in [3.05, 3.63) is 42.0 Å². The lowest BCUT2D eigenvalue weighted by Crippen LogP contribution is -1.99. The summed E-state index contributed by atoms with van der Waals surface area (Å²) in [6.07, 6.45) is 1.51. The zero-order valence-corrected chi connectivity index (χ0v) is 7.96. The molecule has 2 rings (SSSR count). The van der Waals surface area contributed by atoms with E-state index in [1.807, 2.05) is 30.3 Å². The lowest BCUT2D eigenvalue weighted by atomic mass is 10.2. The fraction of sp³-hybridized carbons (Fsp3) is 0.100. The summed E-state index contributed by atoms with van der Waals surface area (Å²) in [5.74, 6) is 0.160. The van der Waals surface area contributed by atoms with Crippen molar-refractivity contribution < 1.29 is 0 Å². The average molecular weight is 199 g/mol. The van der Waals surface area contributed by atoms with Gasteiger partial charge in [0.15, 0.2) is 0 Å². The van der Waals surface area contributed by atoms with Crippen LogP contribution in [0.2, 0.25) is 0 Å². The minimum absolute atomic E-state index is 0.160. The van der Waals surface area contributed by atoms with Gasteiger partial charge in [-0.2, -0.15) is 5.26 Å². The van der Waals surface area contributed by atoms with Gasteiger partial charge in [0.25, 0.3) is 5.82 Å². The molecule has 0 unspecified atom stereocenters. The number of hydrogen-bond acceptors (Lipinski definition) is 4. The summed E-state index contributed by atoms with van der Waals surface area (Å²) in [5.41, 5.74) is 7.40. The van der Waals surface area contributed by atoms with Gasteiger partial charge in [-0.15, -0.1) is 5.10 Å². The summed E-state index contributed by atoms with van der Waals surface area (Å²) in [5, 5.41) is 12.6. The number of aromatic nitrogens is 3. The zero-order chi connectivity index (χ0) is 10.7. The van der Waals surface area contributed by atoms with Crippen molar-refractivity contribution in [3.63, 3.8) is 0 Å². The largest absolute Gasteiger partial charge is 0.326 e. The Morgan fingerprint density at radius 1 is 1.47 bits per heavy atom. The van der Waals surface area contributed by atoms with E-state index >= 15 is 0 Å². The molecule has 5 nitrogen and oxygen atoms in total. The van der Waals surface area contributed by atoms with Gasteiger partial charge in [-0.1, -0.05) is 12.1 Å². The highest BCUT2D eigenvalue weighted by molar-refractivity contribution is 5.34. The molecule has 74 valence electrons. The first-order valence-electron chi connectivity index (χ1n) is 4.44. The van der Waals surface area contributed by atoms with E-state index in [0.29, 0.717) is 6.54 Å². The van der Waals surface area contributed by atoms with Crippen molar-refractivity contribution in [2.24, 2.45) is 5.73 Å². The molecule has 0 amide bonds. The fourth-order valence-electron chi connectivity index (χ4n) is 1.26. The molecule has 2 N–H and O–H groups in total. The summed E-state index contributed by atoms with van der Waals surface area (Å²) in [4.78, 5) is 3.83. The van der Waals surface area contributed by atoms with E-state index in [1.165, 1.54) is 6.33 Å². The summed E-state index contributed by atoms with van der Waals surface area (Å²) in [6.45, 7) is 0.480. The Morgan fingerprint density at radius 3 is 3.00 bits per heavy atom. The topological polar surface area (TPSA) is 80.5 Å². The first-order valence-corrected chi connectivity index (χ1v) is 4.44. The maximum Gasteiger partial charge on any atom is 0.252 e. The maximum atomic E-state index is 8.59. The van der Waals surface area contributed by atoms with Crippen molar-refractivity contribution in [3.8, 4) is 11.8 Å². The molecule has 1 aromatic carbocycles. The molecule has 1 heterocycles. The maximum absolute atomic E-state index is 8.59. The van der Waals surface area contributed by atoms with Crippen LogP contribution in [0.15, 0.2) is 30.6 Å². The molecule has 0 bridgehead atoms. The van der Waals surface area contributed by atoms with Crippen LogP contribution in [-0.2, 0) is 6.54 Å². The molecule has 0 aliphatic heterocycles. The van der Waals surface area contributed by atoms with Crippen LogP contribution in [0, 0.1) is 11.3 Å². The van der Waals surface area contributed by atoms with E-state index < -0.39 is 0 Å². The van der Waals surface area contributed by atoms with E-state index in [1.54, 1.807) is 4.68 Å². The minimum atomic E-state index is 0.160. The van der Waals surface area contributed by atoms with Gasteiger partial charge in [0.05, 0.1) is 5.69 Å². The highest BCUT2D eigenvalue weighted by Crippen LogP contribution is 2.08. The van der Waals surface area contributed by atoms with Crippen molar-refractivity contribution >= 4 is 0 Å². The molecule has 0 aliphatic rings. The second-order valence-electron chi connectivity index (χ2n) is 3.00. The lowest BCUT2D eigenvalue weighted by molar-refractivity contribution is 0.868. The molecule has 2 aromatic rings. The molecule has 5 heteroatoms. The quantitative estimate of drug-likeness (QED) is 0.767. The standard InChI is InChI=1S/C10H9N5/c11-5-8-2-1-3-9(4-8)15-7-13-10(6-12)14-15/h1-4,7H,5,11H2. The van der Waals surface area contributed by atoms with Gasteiger partial charge in [-0.25, -0.2) is 9.67 Å². The second kappa shape index (κ2) is 3.90. The monoisotopic (exact) mass is 199 g/mol. The Labute approximate surface area is 86.8 Å². The molecule has 1 aromatic heterocycles. The third kappa shape index (κ3) is 1.85. The predicted molar refractivity (Wildman–Crippen MR) is 54.0 cm³/mol. The Kier molecular flexibility index (Phi) is 2.44. The molecule has 0 saturated carbocycles. The number of rotatable bonds is 2. The van der Waals surface area contributed by atoms with Crippen molar-refractivity contribution in [2.45, 2.75) is 6.54 Å². The Bertz CT molecular complexity index is 509. The molecule has 0 aliphatic carbocycles. The normalized spacial score (nSPS) is 9.87. The van der Waals surface area contributed by atoms with E-state index in [9.17, 15) is 0 Å². The molecular formula is C10H9N5. The van der Waals surface area contributed by atoms with Crippen molar-refractivity contribution in [2.75, 3.05) is 0 Å². The van der Waals surface area contributed by atoms with E-state index in [-0.39, 0.29) is 5.82 Å². The summed E-state index contributed by atoms with van der Waals surface area (Å²) in [7, 11) is 0. The van der Waals surface area contributed by atoms with Crippen LogP contribution in [0.25, 0.3) is 5.69 Å². The first-order chi connectivity index (χ1) is 7.33. The van der Waals surface area contributed by atoms with Crippen LogP contribution in [-0.4, -0.2) is 14.8 Å². The average Bonchev–Trinajstić information content (AvgIpc) is 2.78. The number of nitrogens with zero attached hydrogens (tertiary/aromatic N) is 4. The van der Waals surface area contributed by atoms with Crippen LogP contribution in [0.5, 0.6) is 0 Å². The molecule has 0 atom stereocenters. The zero-order valence-electron chi connectivity index (χ0n) is 7.96. The van der Waals surface area contributed by atoms with Gasteiger partial charge in [-0.3, -0.25) is 0 Å². The third-order valence-electron chi connectivity index (χ3n) is 2.00. The van der Waals surface area contributed by atoms with E-state index in [0.717, 1.165) is 11.3 Å². The van der Waals surface area contributed by atoms with Gasteiger partial charge < -0.3 is 5.73 Å². The van der Waals surface area contributed by atoms with Gasteiger partial charge in [0.2, 0.25) is 0 Å². The van der Waals surface area contributed by atoms with Crippen LogP contribution < -0.4 is 5.73 Å². The van der Waals surface area contributed by atoms with Gasteiger partial charge in [0.1, 0.15) is 12.4 Å². The van der Waals surface area contributed by atoms with Crippen molar-refractivity contribution in [1.29, 1.82) is 5.26 Å². The summed E-state index contributed by atoms with van der Waals surface area (Å²) in [6, 6.07) is 9.50. The van der Waals surface area contributed by atoms with Gasteiger partial charge >= 0.3 is 0 Å². The van der Waals surface area contributed by atoms with Crippen LogP contribution >= 0.6 is 0 Å². The SMILES string of the molecule is N#Cc1ncn(-c2cccc(CN)c2)n1.